The molecule has 2 heterocycles. The summed E-state index contributed by atoms with van der Waals surface area (Å²) in [5, 5.41) is 2.60. The van der Waals surface area contributed by atoms with Crippen LogP contribution in [0.15, 0.2) is 30.3 Å². The minimum Gasteiger partial charge on any atom is -0.452 e. The normalized spacial score (nSPS) is 18.0. The molecule has 1 aliphatic rings. The Morgan fingerprint density at radius 3 is 2.61 bits per heavy atom. The van der Waals surface area contributed by atoms with Crippen LogP contribution in [0.25, 0.3) is 5.69 Å². The average Bonchev–Trinajstić information content (AvgIpc) is 3.11. The van der Waals surface area contributed by atoms with Gasteiger partial charge in [-0.1, -0.05) is 12.1 Å². The zero-order valence-electron chi connectivity index (χ0n) is 16.2. The summed E-state index contributed by atoms with van der Waals surface area (Å²) in [5.74, 6) is -1.07. The number of benzene rings is 1. The van der Waals surface area contributed by atoms with Gasteiger partial charge in [0.1, 0.15) is 0 Å². The van der Waals surface area contributed by atoms with Gasteiger partial charge in [0.15, 0.2) is 16.4 Å². The molecule has 1 amide bonds. The van der Waals surface area contributed by atoms with Crippen LogP contribution in [-0.4, -0.2) is 49.0 Å². The van der Waals surface area contributed by atoms with Crippen LogP contribution >= 0.6 is 0 Å². The summed E-state index contributed by atoms with van der Waals surface area (Å²) in [5.41, 5.74) is 4.08. The van der Waals surface area contributed by atoms with E-state index in [2.05, 4.69) is 5.32 Å². The molecule has 1 aliphatic heterocycles. The molecule has 1 aromatic heterocycles. The van der Waals surface area contributed by atoms with E-state index in [0.29, 0.717) is 12.0 Å². The first kappa shape index (κ1) is 20.1. The molecule has 0 bridgehead atoms. The number of carbonyl (C=O) groups is 2. The molecule has 1 aromatic carbocycles. The molecule has 1 saturated heterocycles. The molecule has 3 rings (SSSR count). The number of aryl methyl sites for hydroxylation is 2. The van der Waals surface area contributed by atoms with Crippen LogP contribution in [0.5, 0.6) is 0 Å². The fourth-order valence-corrected chi connectivity index (χ4v) is 5.19. The van der Waals surface area contributed by atoms with E-state index in [1.165, 1.54) is 0 Å². The second kappa shape index (κ2) is 7.79. The fraction of sp³-hybridized carbons (Fsp3) is 0.400. The molecule has 0 spiro atoms. The number of nitrogens with one attached hydrogen (secondary N) is 1. The highest BCUT2D eigenvalue weighted by molar-refractivity contribution is 7.91. The van der Waals surface area contributed by atoms with Crippen molar-refractivity contribution in [2.75, 3.05) is 18.1 Å². The predicted molar refractivity (Wildman–Crippen MR) is 105 cm³/mol. The Hall–Kier alpha value is -2.61. The van der Waals surface area contributed by atoms with Gasteiger partial charge in [-0.15, -0.1) is 0 Å². The van der Waals surface area contributed by atoms with Crippen molar-refractivity contribution in [3.63, 3.8) is 0 Å². The number of nitrogens with zero attached hydrogens (tertiary/aromatic N) is 1. The molecule has 28 heavy (non-hydrogen) atoms. The lowest BCUT2D eigenvalue weighted by Gasteiger charge is -2.12. The minimum atomic E-state index is -3.08. The van der Waals surface area contributed by atoms with Gasteiger partial charge >= 0.3 is 5.97 Å². The molecule has 0 saturated carbocycles. The van der Waals surface area contributed by atoms with E-state index in [9.17, 15) is 18.0 Å². The monoisotopic (exact) mass is 404 g/mol. The SMILES string of the molecule is Cc1cccc(-n2c(C)cc(C(=O)OCC(=O)N[C@@H]3CCS(=O)(=O)C3)c2C)c1. The molecule has 7 nitrogen and oxygen atoms in total. The van der Waals surface area contributed by atoms with Gasteiger partial charge < -0.3 is 14.6 Å². The van der Waals surface area contributed by atoms with Gasteiger partial charge in [0.2, 0.25) is 0 Å². The summed E-state index contributed by atoms with van der Waals surface area (Å²) < 4.78 is 30.0. The van der Waals surface area contributed by atoms with Crippen molar-refractivity contribution in [2.45, 2.75) is 33.2 Å². The molecular weight excluding hydrogens is 380 g/mol. The quantitative estimate of drug-likeness (QED) is 0.768. The predicted octanol–water partition coefficient (Wildman–Crippen LogP) is 1.86. The van der Waals surface area contributed by atoms with Gasteiger partial charge in [-0.25, -0.2) is 13.2 Å². The van der Waals surface area contributed by atoms with Crippen LogP contribution in [0.4, 0.5) is 0 Å². The van der Waals surface area contributed by atoms with E-state index in [0.717, 1.165) is 22.6 Å². The van der Waals surface area contributed by atoms with Crippen molar-refractivity contribution in [1.29, 1.82) is 0 Å². The number of amides is 1. The molecule has 8 heteroatoms. The largest absolute Gasteiger partial charge is 0.452 e. The number of ether oxygens (including phenoxy) is 1. The molecule has 2 aromatic rings. The van der Waals surface area contributed by atoms with Crippen molar-refractivity contribution < 1.29 is 22.7 Å². The molecule has 0 unspecified atom stereocenters. The minimum absolute atomic E-state index is 0.0651. The summed E-state index contributed by atoms with van der Waals surface area (Å²) >= 11 is 0. The summed E-state index contributed by atoms with van der Waals surface area (Å²) in [6.45, 7) is 5.29. The second-order valence-electron chi connectivity index (χ2n) is 7.20. The molecule has 1 N–H and O–H groups in total. The topological polar surface area (TPSA) is 94.5 Å². The van der Waals surface area contributed by atoms with Crippen LogP contribution < -0.4 is 5.32 Å². The van der Waals surface area contributed by atoms with Gasteiger partial charge in [0.25, 0.3) is 5.91 Å². The van der Waals surface area contributed by atoms with Crippen molar-refractivity contribution in [3.05, 3.63) is 52.8 Å². The Kier molecular flexibility index (Phi) is 5.60. The zero-order chi connectivity index (χ0) is 20.5. The van der Waals surface area contributed by atoms with Crippen LogP contribution in [0.2, 0.25) is 0 Å². The van der Waals surface area contributed by atoms with Crippen LogP contribution in [0, 0.1) is 20.8 Å². The Morgan fingerprint density at radius 1 is 1.21 bits per heavy atom. The smallest absolute Gasteiger partial charge is 0.340 e. The number of sulfone groups is 1. The highest BCUT2D eigenvalue weighted by Gasteiger charge is 2.29. The van der Waals surface area contributed by atoms with Gasteiger partial charge in [0.05, 0.1) is 17.1 Å². The second-order valence-corrected chi connectivity index (χ2v) is 9.43. The lowest BCUT2D eigenvalue weighted by molar-refractivity contribution is -0.124. The van der Waals surface area contributed by atoms with Crippen LogP contribution in [-0.2, 0) is 19.4 Å². The first-order valence-electron chi connectivity index (χ1n) is 9.09. The van der Waals surface area contributed by atoms with Crippen LogP contribution in [0.3, 0.4) is 0 Å². The molecule has 1 atom stereocenters. The maximum Gasteiger partial charge on any atom is 0.340 e. The molecule has 0 radical (unpaired) electrons. The van der Waals surface area contributed by atoms with Crippen molar-refractivity contribution in [3.8, 4) is 5.69 Å². The van der Waals surface area contributed by atoms with Gasteiger partial charge in [-0.3, -0.25) is 4.79 Å². The van der Waals surface area contributed by atoms with Crippen molar-refractivity contribution in [2.24, 2.45) is 0 Å². The standard InChI is InChI=1S/C20H24N2O5S/c1-13-5-4-6-17(9-13)22-14(2)10-18(15(22)3)20(24)27-11-19(23)21-16-7-8-28(25,26)12-16/h4-6,9-10,16H,7-8,11-12H2,1-3H3,(H,21,23)/t16-/m1/s1. The van der Waals surface area contributed by atoms with E-state index in [1.54, 1.807) is 6.07 Å². The number of rotatable bonds is 5. The number of carbonyl (C=O) groups excluding carboxylic acids is 2. The summed E-state index contributed by atoms with van der Waals surface area (Å²) in [6, 6.07) is 9.27. The highest BCUT2D eigenvalue weighted by atomic mass is 32.2. The van der Waals surface area contributed by atoms with Crippen LogP contribution in [0.1, 0.15) is 33.7 Å². The third-order valence-corrected chi connectivity index (χ3v) is 6.61. The van der Waals surface area contributed by atoms with Crippen molar-refractivity contribution >= 4 is 21.7 Å². The maximum atomic E-state index is 12.5. The number of hydrogen-bond donors (Lipinski definition) is 1. The number of esters is 1. The molecule has 1 fully saturated rings. The number of hydrogen-bond acceptors (Lipinski definition) is 5. The Bertz CT molecular complexity index is 1020. The zero-order valence-corrected chi connectivity index (χ0v) is 17.0. The lowest BCUT2D eigenvalue weighted by Crippen LogP contribution is -2.38. The van der Waals surface area contributed by atoms with E-state index in [-0.39, 0.29) is 11.5 Å². The Balaban J connectivity index is 1.65. The molecular formula is C20H24N2O5S. The molecule has 0 aliphatic carbocycles. The Labute approximate surface area is 164 Å². The average molecular weight is 404 g/mol. The lowest BCUT2D eigenvalue weighted by atomic mass is 10.2. The van der Waals surface area contributed by atoms with E-state index < -0.39 is 34.4 Å². The maximum absolute atomic E-state index is 12.5. The van der Waals surface area contributed by atoms with Gasteiger partial charge in [-0.2, -0.15) is 0 Å². The van der Waals surface area contributed by atoms with E-state index >= 15 is 0 Å². The highest BCUT2D eigenvalue weighted by Crippen LogP contribution is 2.22. The third-order valence-electron chi connectivity index (χ3n) is 4.84. The fourth-order valence-electron chi connectivity index (χ4n) is 3.52. The first-order valence-corrected chi connectivity index (χ1v) is 10.9. The van der Waals surface area contributed by atoms with Gasteiger partial charge in [0, 0.05) is 23.1 Å². The van der Waals surface area contributed by atoms with Crippen molar-refractivity contribution in [1.82, 2.24) is 9.88 Å². The first-order chi connectivity index (χ1) is 13.2. The van der Waals surface area contributed by atoms with E-state index in [1.807, 2.05) is 49.6 Å². The summed E-state index contributed by atoms with van der Waals surface area (Å²) in [6.07, 6.45) is 0.389. The summed E-state index contributed by atoms with van der Waals surface area (Å²) in [7, 11) is -3.08. The summed E-state index contributed by atoms with van der Waals surface area (Å²) in [4.78, 5) is 24.4. The van der Waals surface area contributed by atoms with E-state index in [4.69, 9.17) is 4.74 Å². The number of aromatic nitrogens is 1. The molecule has 150 valence electrons. The van der Waals surface area contributed by atoms with Gasteiger partial charge in [-0.05, 0) is 51.0 Å². The third kappa shape index (κ3) is 4.44. The Morgan fingerprint density at radius 2 is 1.96 bits per heavy atom.